The molecular formula is C5H12ClFN2. The second kappa shape index (κ2) is 4.97. The van der Waals surface area contributed by atoms with Crippen LogP contribution >= 0.6 is 12.4 Å². The topological polar surface area (TPSA) is 24.1 Å². The Labute approximate surface area is 60.6 Å². The molecule has 0 aromatic heterocycles. The van der Waals surface area contributed by atoms with E-state index in [1.807, 2.05) is 0 Å². The minimum absolute atomic E-state index is 0. The SMILES string of the molecule is Cl.FCC1CNCCN1. The molecular weight excluding hydrogens is 143 g/mol. The van der Waals surface area contributed by atoms with E-state index in [4.69, 9.17) is 0 Å². The molecule has 1 saturated heterocycles. The van der Waals surface area contributed by atoms with Gasteiger partial charge >= 0.3 is 0 Å². The van der Waals surface area contributed by atoms with Crippen molar-refractivity contribution < 1.29 is 4.39 Å². The van der Waals surface area contributed by atoms with Gasteiger partial charge in [0.25, 0.3) is 0 Å². The highest BCUT2D eigenvalue weighted by molar-refractivity contribution is 5.85. The first kappa shape index (κ1) is 9.14. The van der Waals surface area contributed by atoms with Crippen LogP contribution in [-0.4, -0.2) is 32.4 Å². The van der Waals surface area contributed by atoms with Crippen LogP contribution in [0.2, 0.25) is 0 Å². The molecule has 0 spiro atoms. The summed E-state index contributed by atoms with van der Waals surface area (Å²) in [6.07, 6.45) is 0. The van der Waals surface area contributed by atoms with Crippen LogP contribution in [0, 0.1) is 0 Å². The van der Waals surface area contributed by atoms with Crippen LogP contribution in [0.3, 0.4) is 0 Å². The van der Waals surface area contributed by atoms with Crippen LogP contribution < -0.4 is 10.6 Å². The fourth-order valence-electron chi connectivity index (χ4n) is 0.822. The molecule has 1 fully saturated rings. The molecule has 2 nitrogen and oxygen atoms in total. The molecule has 4 heteroatoms. The minimum Gasteiger partial charge on any atom is -0.314 e. The number of rotatable bonds is 1. The first-order valence-electron chi connectivity index (χ1n) is 2.93. The number of halogens is 2. The maximum Gasteiger partial charge on any atom is 0.106 e. The average molecular weight is 155 g/mol. The van der Waals surface area contributed by atoms with Gasteiger partial charge in [0.05, 0.1) is 0 Å². The van der Waals surface area contributed by atoms with Gasteiger partial charge in [0, 0.05) is 25.7 Å². The summed E-state index contributed by atoms with van der Waals surface area (Å²) in [6.45, 7) is 2.38. The average Bonchev–Trinajstić information content (AvgIpc) is 1.90. The zero-order chi connectivity index (χ0) is 5.82. The van der Waals surface area contributed by atoms with Crippen LogP contribution in [0.4, 0.5) is 4.39 Å². The highest BCUT2D eigenvalue weighted by Crippen LogP contribution is 1.85. The number of hydrogen-bond donors (Lipinski definition) is 2. The molecule has 1 aliphatic heterocycles. The fraction of sp³-hybridized carbons (Fsp3) is 1.00. The highest BCUT2D eigenvalue weighted by atomic mass is 35.5. The van der Waals surface area contributed by atoms with Gasteiger partial charge in [0.15, 0.2) is 0 Å². The summed E-state index contributed by atoms with van der Waals surface area (Å²) in [5.74, 6) is 0. The number of alkyl halides is 1. The van der Waals surface area contributed by atoms with Gasteiger partial charge in [0.1, 0.15) is 6.67 Å². The van der Waals surface area contributed by atoms with Crippen molar-refractivity contribution in [1.29, 1.82) is 0 Å². The largest absolute Gasteiger partial charge is 0.314 e. The predicted molar refractivity (Wildman–Crippen MR) is 37.9 cm³/mol. The van der Waals surface area contributed by atoms with E-state index in [-0.39, 0.29) is 25.1 Å². The van der Waals surface area contributed by atoms with Crippen LogP contribution in [0.25, 0.3) is 0 Å². The Bertz CT molecular complexity index is 66.0. The van der Waals surface area contributed by atoms with E-state index >= 15 is 0 Å². The second-order valence-electron chi connectivity index (χ2n) is 2.01. The smallest absolute Gasteiger partial charge is 0.106 e. The van der Waals surface area contributed by atoms with Gasteiger partial charge < -0.3 is 10.6 Å². The minimum atomic E-state index is -0.257. The molecule has 0 saturated carbocycles. The third-order valence-corrected chi connectivity index (χ3v) is 1.31. The summed E-state index contributed by atoms with van der Waals surface area (Å²) in [5.41, 5.74) is 0. The molecule has 1 unspecified atom stereocenters. The third-order valence-electron chi connectivity index (χ3n) is 1.31. The summed E-state index contributed by atoms with van der Waals surface area (Å²) in [4.78, 5) is 0. The van der Waals surface area contributed by atoms with Crippen molar-refractivity contribution in [1.82, 2.24) is 10.6 Å². The van der Waals surface area contributed by atoms with Crippen molar-refractivity contribution in [3.8, 4) is 0 Å². The number of piperazine rings is 1. The van der Waals surface area contributed by atoms with Crippen molar-refractivity contribution in [3.63, 3.8) is 0 Å². The molecule has 0 aromatic rings. The monoisotopic (exact) mass is 154 g/mol. The number of nitrogens with one attached hydrogen (secondary N) is 2. The first-order chi connectivity index (χ1) is 3.93. The first-order valence-corrected chi connectivity index (χ1v) is 2.93. The molecule has 0 aromatic carbocycles. The van der Waals surface area contributed by atoms with Gasteiger partial charge in [-0.25, -0.2) is 4.39 Å². The van der Waals surface area contributed by atoms with Crippen LogP contribution in [-0.2, 0) is 0 Å². The second-order valence-corrected chi connectivity index (χ2v) is 2.01. The lowest BCUT2D eigenvalue weighted by atomic mass is 10.3. The molecule has 1 heterocycles. The van der Waals surface area contributed by atoms with E-state index in [9.17, 15) is 4.39 Å². The standard InChI is InChI=1S/C5H11FN2.ClH/c6-3-5-4-7-1-2-8-5;/h5,7-8H,1-4H2;1H. The van der Waals surface area contributed by atoms with Gasteiger partial charge in [-0.1, -0.05) is 0 Å². The summed E-state index contributed by atoms with van der Waals surface area (Å²) in [7, 11) is 0. The van der Waals surface area contributed by atoms with E-state index in [0.29, 0.717) is 0 Å². The van der Waals surface area contributed by atoms with Crippen LogP contribution in [0.1, 0.15) is 0 Å². The predicted octanol–water partition coefficient (Wildman–Crippen LogP) is -0.0609. The maximum atomic E-state index is 11.8. The van der Waals surface area contributed by atoms with E-state index in [1.54, 1.807) is 0 Å². The lowest BCUT2D eigenvalue weighted by molar-refractivity contribution is 0.333. The van der Waals surface area contributed by atoms with Gasteiger partial charge in [0.2, 0.25) is 0 Å². The quantitative estimate of drug-likeness (QED) is 0.553. The third kappa shape index (κ3) is 2.98. The van der Waals surface area contributed by atoms with Crippen molar-refractivity contribution in [3.05, 3.63) is 0 Å². The summed E-state index contributed by atoms with van der Waals surface area (Å²) < 4.78 is 11.8. The summed E-state index contributed by atoms with van der Waals surface area (Å²) in [6, 6.07) is 0.0590. The molecule has 56 valence electrons. The van der Waals surface area contributed by atoms with Crippen molar-refractivity contribution in [2.45, 2.75) is 6.04 Å². The lowest BCUT2D eigenvalue weighted by Crippen LogP contribution is -2.49. The van der Waals surface area contributed by atoms with Gasteiger partial charge in [-0.3, -0.25) is 0 Å². The van der Waals surface area contributed by atoms with Gasteiger partial charge in [-0.2, -0.15) is 0 Å². The molecule has 0 bridgehead atoms. The zero-order valence-electron chi connectivity index (χ0n) is 5.19. The summed E-state index contributed by atoms with van der Waals surface area (Å²) >= 11 is 0. The lowest BCUT2D eigenvalue weighted by Gasteiger charge is -2.21. The molecule has 1 atom stereocenters. The Kier molecular flexibility index (Phi) is 5.04. The fourth-order valence-corrected chi connectivity index (χ4v) is 0.822. The Hall–Kier alpha value is 0.140. The van der Waals surface area contributed by atoms with E-state index in [2.05, 4.69) is 10.6 Å². The van der Waals surface area contributed by atoms with Crippen molar-refractivity contribution >= 4 is 12.4 Å². The van der Waals surface area contributed by atoms with E-state index in [1.165, 1.54) is 0 Å². The molecule has 0 radical (unpaired) electrons. The molecule has 0 amide bonds. The van der Waals surface area contributed by atoms with Crippen molar-refractivity contribution in [2.75, 3.05) is 26.3 Å². The Morgan fingerprint density at radius 2 is 2.22 bits per heavy atom. The molecule has 2 N–H and O–H groups in total. The van der Waals surface area contributed by atoms with E-state index in [0.717, 1.165) is 19.6 Å². The Morgan fingerprint density at radius 3 is 2.56 bits per heavy atom. The van der Waals surface area contributed by atoms with Crippen molar-refractivity contribution in [2.24, 2.45) is 0 Å². The highest BCUT2D eigenvalue weighted by Gasteiger charge is 2.09. The normalized spacial score (nSPS) is 27.0. The Morgan fingerprint density at radius 1 is 1.44 bits per heavy atom. The zero-order valence-corrected chi connectivity index (χ0v) is 6.01. The van der Waals surface area contributed by atoms with Gasteiger partial charge in [-0.15, -0.1) is 12.4 Å². The number of hydrogen-bond acceptors (Lipinski definition) is 2. The molecule has 1 rings (SSSR count). The summed E-state index contributed by atoms with van der Waals surface area (Å²) in [5, 5.41) is 6.11. The van der Waals surface area contributed by atoms with E-state index < -0.39 is 0 Å². The molecule has 9 heavy (non-hydrogen) atoms. The molecule has 1 aliphatic rings. The molecule has 0 aliphatic carbocycles. The maximum absolute atomic E-state index is 11.8. The van der Waals surface area contributed by atoms with Crippen LogP contribution in [0.15, 0.2) is 0 Å². The van der Waals surface area contributed by atoms with Crippen LogP contribution in [0.5, 0.6) is 0 Å². The Balaban J connectivity index is 0.000000640. The van der Waals surface area contributed by atoms with Gasteiger partial charge in [-0.05, 0) is 0 Å².